The highest BCUT2D eigenvalue weighted by Crippen LogP contribution is 2.64. The van der Waals surface area contributed by atoms with Gasteiger partial charge in [0.1, 0.15) is 5.78 Å². The molecule has 0 aromatic rings. The van der Waals surface area contributed by atoms with Crippen LogP contribution in [0, 0.1) is 16.7 Å². The van der Waals surface area contributed by atoms with Crippen LogP contribution in [0.1, 0.15) is 33.1 Å². The molecule has 0 spiro atoms. The summed E-state index contributed by atoms with van der Waals surface area (Å²) in [4.78, 5) is 11.9. The van der Waals surface area contributed by atoms with Crippen molar-refractivity contribution < 1.29 is 17.8 Å². The molecule has 2 atom stereocenters. The fourth-order valence-corrected chi connectivity index (χ4v) is 4.72. The molecule has 0 radical (unpaired) electrons. The Balaban J connectivity index is 0.00000128. The van der Waals surface area contributed by atoms with Gasteiger partial charge in [-0.05, 0) is 24.2 Å². The Morgan fingerprint density at radius 2 is 2.00 bits per heavy atom. The fraction of sp³-hybridized carbons (Fsp3) is 0.900. The summed E-state index contributed by atoms with van der Waals surface area (Å²) in [6, 6.07) is 0. The molecule has 16 heavy (non-hydrogen) atoms. The molecule has 0 aromatic heterocycles. The minimum absolute atomic E-state index is 0. The number of carbonyl (C=O) groups excluding carboxylic acids is 1. The van der Waals surface area contributed by atoms with Crippen LogP contribution in [0.3, 0.4) is 0 Å². The number of rotatable bonds is 2. The third-order valence-electron chi connectivity index (χ3n) is 4.57. The Hall–Kier alpha value is -0.460. The predicted molar refractivity (Wildman–Crippen MR) is 60.0 cm³/mol. The second-order valence-corrected chi connectivity index (χ2v) is 6.85. The maximum Gasteiger partial charge on any atom is 0.265 e. The highest BCUT2D eigenvalue weighted by atomic mass is 32.2. The first-order valence-corrected chi connectivity index (χ1v) is 6.78. The molecule has 2 fully saturated rings. The summed E-state index contributed by atoms with van der Waals surface area (Å²) in [6.45, 7) is 3.89. The van der Waals surface area contributed by atoms with Gasteiger partial charge in [0, 0.05) is 6.42 Å². The van der Waals surface area contributed by atoms with Gasteiger partial charge in [-0.25, -0.2) is 0 Å². The van der Waals surface area contributed by atoms with Crippen molar-refractivity contribution in [1.29, 1.82) is 0 Å². The van der Waals surface area contributed by atoms with Crippen molar-refractivity contribution in [2.45, 2.75) is 33.1 Å². The van der Waals surface area contributed by atoms with E-state index in [1.54, 1.807) is 0 Å². The van der Waals surface area contributed by atoms with Gasteiger partial charge in [0.2, 0.25) is 0 Å². The number of Topliss-reactive ketones (excluding diaryl/α,β-unsaturated/α-hetero) is 1. The lowest BCUT2D eigenvalue weighted by Crippen LogP contribution is -2.42. The van der Waals surface area contributed by atoms with Gasteiger partial charge >= 0.3 is 0 Å². The third-order valence-corrected chi connectivity index (χ3v) is 5.43. The summed E-state index contributed by atoms with van der Waals surface area (Å²) in [6.07, 6.45) is 1.97. The fourth-order valence-electron chi connectivity index (χ4n) is 3.42. The van der Waals surface area contributed by atoms with E-state index in [4.69, 9.17) is 4.55 Å². The molecule has 5 nitrogen and oxygen atoms in total. The van der Waals surface area contributed by atoms with Gasteiger partial charge in [-0.15, -0.1) is 0 Å². The van der Waals surface area contributed by atoms with E-state index in [-0.39, 0.29) is 23.3 Å². The van der Waals surface area contributed by atoms with E-state index in [0.717, 1.165) is 6.42 Å². The van der Waals surface area contributed by atoms with Crippen molar-refractivity contribution in [3.8, 4) is 0 Å². The molecule has 2 aliphatic rings. The number of hydrogen-bond acceptors (Lipinski definition) is 4. The lowest BCUT2D eigenvalue weighted by atomic mass is 9.70. The standard InChI is InChI=1S/C10H16O4S.H3N/c1-9(2)7-3-4-10(9,8(11)5-7)6-15(12,13)14;/h7H,3-6H2,1-2H3,(H,12,13,14);1H3/t7?,10-;/m0./s1. The van der Waals surface area contributed by atoms with Crippen LogP contribution in [0.4, 0.5) is 0 Å². The summed E-state index contributed by atoms with van der Waals surface area (Å²) in [5.41, 5.74) is -1.12. The predicted octanol–water partition coefficient (Wildman–Crippen LogP) is 1.43. The van der Waals surface area contributed by atoms with Crippen LogP contribution in [0.15, 0.2) is 0 Å². The van der Waals surface area contributed by atoms with E-state index in [0.29, 0.717) is 12.8 Å². The molecule has 2 bridgehead atoms. The molecule has 0 amide bonds. The average molecular weight is 249 g/mol. The molecule has 0 aliphatic heterocycles. The summed E-state index contributed by atoms with van der Waals surface area (Å²) in [5, 5.41) is 0. The normalized spacial score (nSPS) is 36.2. The molecule has 0 saturated heterocycles. The van der Waals surface area contributed by atoms with Crippen molar-refractivity contribution in [1.82, 2.24) is 6.15 Å². The minimum atomic E-state index is -4.08. The van der Waals surface area contributed by atoms with Gasteiger partial charge in [0.25, 0.3) is 10.1 Å². The third kappa shape index (κ3) is 1.59. The molecule has 2 aliphatic carbocycles. The van der Waals surface area contributed by atoms with Crippen LogP contribution in [0.25, 0.3) is 0 Å². The number of hydrogen-bond donors (Lipinski definition) is 2. The molecule has 4 N–H and O–H groups in total. The molecular weight excluding hydrogens is 230 g/mol. The van der Waals surface area contributed by atoms with Crippen molar-refractivity contribution in [2.75, 3.05) is 5.75 Å². The topological polar surface area (TPSA) is 106 Å². The molecule has 0 heterocycles. The van der Waals surface area contributed by atoms with E-state index in [1.807, 2.05) is 13.8 Å². The van der Waals surface area contributed by atoms with Crippen LogP contribution in [0.2, 0.25) is 0 Å². The van der Waals surface area contributed by atoms with Crippen molar-refractivity contribution >= 4 is 15.9 Å². The SMILES string of the molecule is CC1(C)C2CC[C@]1(CS(=O)(=O)O)C(=O)C2.N. The Bertz CT molecular complexity index is 415. The first-order valence-electron chi connectivity index (χ1n) is 5.17. The van der Waals surface area contributed by atoms with Gasteiger partial charge in [-0.3, -0.25) is 9.35 Å². The first-order chi connectivity index (χ1) is 6.69. The second-order valence-electron chi connectivity index (χ2n) is 5.39. The number of fused-ring (bicyclic) bond motifs is 2. The smallest absolute Gasteiger partial charge is 0.265 e. The summed E-state index contributed by atoms with van der Waals surface area (Å²) in [5.74, 6) is -0.101. The van der Waals surface area contributed by atoms with Gasteiger partial charge in [0.05, 0.1) is 11.2 Å². The largest absolute Gasteiger partial charge is 0.344 e. The molecular formula is C10H19NO4S. The van der Waals surface area contributed by atoms with E-state index >= 15 is 0 Å². The van der Waals surface area contributed by atoms with Gasteiger partial charge < -0.3 is 6.15 Å². The second kappa shape index (κ2) is 3.51. The molecule has 0 aromatic carbocycles. The first kappa shape index (κ1) is 13.6. The van der Waals surface area contributed by atoms with Crippen LogP contribution in [-0.4, -0.2) is 24.5 Å². The van der Waals surface area contributed by atoms with Gasteiger partial charge in [-0.2, -0.15) is 8.42 Å². The van der Waals surface area contributed by atoms with Crippen molar-refractivity contribution in [3.05, 3.63) is 0 Å². The highest BCUT2D eigenvalue weighted by Gasteiger charge is 2.65. The number of carbonyl (C=O) groups is 1. The maximum absolute atomic E-state index is 11.9. The lowest BCUT2D eigenvalue weighted by Gasteiger charge is -2.35. The summed E-state index contributed by atoms with van der Waals surface area (Å²) < 4.78 is 31.0. The van der Waals surface area contributed by atoms with Crippen LogP contribution >= 0.6 is 0 Å². The van der Waals surface area contributed by atoms with Crippen molar-refractivity contribution in [3.63, 3.8) is 0 Å². The molecule has 2 saturated carbocycles. The zero-order valence-corrected chi connectivity index (χ0v) is 10.5. The highest BCUT2D eigenvalue weighted by molar-refractivity contribution is 7.85. The monoisotopic (exact) mass is 249 g/mol. The van der Waals surface area contributed by atoms with Crippen molar-refractivity contribution in [2.24, 2.45) is 16.7 Å². The molecule has 2 rings (SSSR count). The van der Waals surface area contributed by atoms with E-state index in [2.05, 4.69) is 0 Å². The van der Waals surface area contributed by atoms with E-state index < -0.39 is 21.3 Å². The number of ketones is 1. The quantitative estimate of drug-likeness (QED) is 0.720. The zero-order chi connectivity index (χ0) is 11.5. The van der Waals surface area contributed by atoms with Crippen LogP contribution < -0.4 is 6.15 Å². The Kier molecular flexibility index (Phi) is 2.99. The van der Waals surface area contributed by atoms with E-state index in [9.17, 15) is 13.2 Å². The Morgan fingerprint density at radius 1 is 1.44 bits per heavy atom. The Labute approximate surface area is 95.9 Å². The Morgan fingerprint density at radius 3 is 2.31 bits per heavy atom. The maximum atomic E-state index is 11.9. The summed E-state index contributed by atoms with van der Waals surface area (Å²) in [7, 11) is -4.08. The van der Waals surface area contributed by atoms with Gasteiger partial charge in [-0.1, -0.05) is 13.8 Å². The van der Waals surface area contributed by atoms with Crippen LogP contribution in [-0.2, 0) is 14.9 Å². The average Bonchev–Trinajstić information content (AvgIpc) is 2.34. The van der Waals surface area contributed by atoms with Gasteiger partial charge in [0.15, 0.2) is 0 Å². The molecule has 1 unspecified atom stereocenters. The minimum Gasteiger partial charge on any atom is -0.344 e. The lowest BCUT2D eigenvalue weighted by molar-refractivity contribution is -0.128. The zero-order valence-electron chi connectivity index (χ0n) is 9.69. The molecule has 94 valence electrons. The molecule has 6 heteroatoms. The van der Waals surface area contributed by atoms with Crippen LogP contribution in [0.5, 0.6) is 0 Å². The van der Waals surface area contributed by atoms with E-state index in [1.165, 1.54) is 0 Å². The summed E-state index contributed by atoms with van der Waals surface area (Å²) >= 11 is 0.